The molecule has 0 saturated carbocycles. The van der Waals surface area contributed by atoms with Crippen molar-refractivity contribution in [2.75, 3.05) is 31.5 Å². The van der Waals surface area contributed by atoms with Crippen molar-refractivity contribution in [3.8, 4) is 0 Å². The third-order valence-corrected chi connectivity index (χ3v) is 4.70. The average molecular weight is 325 g/mol. The van der Waals surface area contributed by atoms with Gasteiger partial charge in [0.2, 0.25) is 11.8 Å². The molecule has 1 fully saturated rings. The van der Waals surface area contributed by atoms with Crippen LogP contribution in [0.3, 0.4) is 0 Å². The van der Waals surface area contributed by atoms with Crippen molar-refractivity contribution in [2.24, 2.45) is 0 Å². The van der Waals surface area contributed by atoms with Gasteiger partial charge in [0.05, 0.1) is 6.04 Å². The van der Waals surface area contributed by atoms with Gasteiger partial charge < -0.3 is 10.2 Å². The topological polar surface area (TPSA) is 52.7 Å². The summed E-state index contributed by atoms with van der Waals surface area (Å²) in [6.07, 6.45) is 0. The molecule has 1 aliphatic heterocycles. The molecular weight excluding hydrogens is 302 g/mol. The number of hydrogen-bond donors (Lipinski definition) is 1. The highest BCUT2D eigenvalue weighted by atomic mass is 16.2. The van der Waals surface area contributed by atoms with Crippen LogP contribution in [-0.2, 0) is 9.59 Å². The lowest BCUT2D eigenvalue weighted by Gasteiger charge is -2.37. The van der Waals surface area contributed by atoms with Gasteiger partial charge in [0.25, 0.3) is 0 Å². The Hall–Kier alpha value is -2.40. The second-order valence-corrected chi connectivity index (χ2v) is 6.27. The Labute approximate surface area is 142 Å². The molecule has 1 N–H and O–H groups in total. The predicted octanol–water partition coefficient (Wildman–Crippen LogP) is 2.33. The van der Waals surface area contributed by atoms with E-state index in [0.29, 0.717) is 13.1 Å². The summed E-state index contributed by atoms with van der Waals surface area (Å²) in [5, 5.41) is 5.27. The van der Waals surface area contributed by atoms with E-state index in [1.807, 2.05) is 48.2 Å². The van der Waals surface area contributed by atoms with Crippen molar-refractivity contribution >= 4 is 28.3 Å². The molecule has 5 heteroatoms. The lowest BCUT2D eigenvalue weighted by Crippen LogP contribution is -2.53. The zero-order valence-electron chi connectivity index (χ0n) is 14.2. The van der Waals surface area contributed by atoms with Crippen LogP contribution in [0.4, 0.5) is 5.69 Å². The normalized spacial score (nSPS) is 16.8. The van der Waals surface area contributed by atoms with Gasteiger partial charge in [-0.15, -0.1) is 0 Å². The Morgan fingerprint density at radius 2 is 1.67 bits per heavy atom. The fourth-order valence-corrected chi connectivity index (χ4v) is 3.10. The molecule has 0 aliphatic carbocycles. The summed E-state index contributed by atoms with van der Waals surface area (Å²) in [4.78, 5) is 27.9. The van der Waals surface area contributed by atoms with Gasteiger partial charge in [-0.05, 0) is 29.8 Å². The standard InChI is InChI=1S/C19H23N3O2/c1-14(21-9-11-22(12-10-21)15(2)23)19(24)20-18-8-7-16-5-3-4-6-17(16)13-18/h3-8,13-14H,9-12H2,1-2H3,(H,20,24)/t14-/m0/s1. The number of carbonyl (C=O) groups is 2. The molecule has 5 nitrogen and oxygen atoms in total. The van der Waals surface area contributed by atoms with Crippen LogP contribution in [-0.4, -0.2) is 53.8 Å². The van der Waals surface area contributed by atoms with E-state index >= 15 is 0 Å². The summed E-state index contributed by atoms with van der Waals surface area (Å²) in [6.45, 7) is 6.33. The number of amides is 2. The summed E-state index contributed by atoms with van der Waals surface area (Å²) in [5.41, 5.74) is 0.813. The van der Waals surface area contributed by atoms with Crippen molar-refractivity contribution in [3.63, 3.8) is 0 Å². The smallest absolute Gasteiger partial charge is 0.241 e. The van der Waals surface area contributed by atoms with Crippen LogP contribution >= 0.6 is 0 Å². The van der Waals surface area contributed by atoms with Gasteiger partial charge in [0.15, 0.2) is 0 Å². The van der Waals surface area contributed by atoms with E-state index in [4.69, 9.17) is 0 Å². The monoisotopic (exact) mass is 325 g/mol. The molecule has 1 saturated heterocycles. The van der Waals surface area contributed by atoms with E-state index < -0.39 is 0 Å². The van der Waals surface area contributed by atoms with Crippen molar-refractivity contribution in [1.29, 1.82) is 0 Å². The minimum atomic E-state index is -0.217. The van der Waals surface area contributed by atoms with Gasteiger partial charge in [-0.3, -0.25) is 14.5 Å². The minimum Gasteiger partial charge on any atom is -0.340 e. The summed E-state index contributed by atoms with van der Waals surface area (Å²) in [7, 11) is 0. The maximum absolute atomic E-state index is 12.5. The first-order valence-electron chi connectivity index (χ1n) is 8.34. The number of hydrogen-bond acceptors (Lipinski definition) is 3. The molecule has 3 rings (SSSR count). The molecule has 0 bridgehead atoms. The first kappa shape index (κ1) is 16.5. The molecule has 2 amide bonds. The van der Waals surface area contributed by atoms with Crippen LogP contribution in [0, 0.1) is 0 Å². The molecule has 1 aliphatic rings. The van der Waals surface area contributed by atoms with Crippen molar-refractivity contribution in [3.05, 3.63) is 42.5 Å². The van der Waals surface area contributed by atoms with Crippen LogP contribution in [0.5, 0.6) is 0 Å². The van der Waals surface area contributed by atoms with Crippen LogP contribution in [0.15, 0.2) is 42.5 Å². The van der Waals surface area contributed by atoms with E-state index in [9.17, 15) is 9.59 Å². The minimum absolute atomic E-state index is 0.0124. The van der Waals surface area contributed by atoms with E-state index in [0.717, 1.165) is 29.5 Å². The molecule has 0 aromatic heterocycles. The quantitative estimate of drug-likeness (QED) is 0.942. The number of carbonyl (C=O) groups excluding carboxylic acids is 2. The first-order valence-corrected chi connectivity index (χ1v) is 8.34. The summed E-state index contributed by atoms with van der Waals surface area (Å²) >= 11 is 0. The Balaban J connectivity index is 1.62. The maximum Gasteiger partial charge on any atom is 0.241 e. The lowest BCUT2D eigenvalue weighted by molar-refractivity contribution is -0.131. The van der Waals surface area contributed by atoms with Gasteiger partial charge in [-0.2, -0.15) is 0 Å². The highest BCUT2D eigenvalue weighted by molar-refractivity contribution is 5.97. The Kier molecular flexibility index (Phi) is 4.81. The van der Waals surface area contributed by atoms with Gasteiger partial charge >= 0.3 is 0 Å². The SMILES string of the molecule is CC(=O)N1CCN([C@@H](C)C(=O)Nc2ccc3ccccc3c2)CC1. The number of fused-ring (bicyclic) bond motifs is 1. The largest absolute Gasteiger partial charge is 0.340 e. The fraction of sp³-hybridized carbons (Fsp3) is 0.368. The third kappa shape index (κ3) is 3.57. The Bertz CT molecular complexity index is 751. The predicted molar refractivity (Wildman–Crippen MR) is 95.9 cm³/mol. The Morgan fingerprint density at radius 3 is 2.33 bits per heavy atom. The average Bonchev–Trinajstić information content (AvgIpc) is 2.61. The fourth-order valence-electron chi connectivity index (χ4n) is 3.10. The third-order valence-electron chi connectivity index (χ3n) is 4.70. The lowest BCUT2D eigenvalue weighted by atomic mass is 10.1. The molecule has 2 aromatic carbocycles. The number of piperazine rings is 1. The second kappa shape index (κ2) is 7.01. The number of anilines is 1. The molecule has 0 unspecified atom stereocenters. The van der Waals surface area contributed by atoms with E-state index in [-0.39, 0.29) is 17.9 Å². The van der Waals surface area contributed by atoms with Crippen molar-refractivity contribution < 1.29 is 9.59 Å². The molecule has 126 valence electrons. The highest BCUT2D eigenvalue weighted by Gasteiger charge is 2.26. The summed E-state index contributed by atoms with van der Waals surface area (Å²) < 4.78 is 0. The zero-order valence-corrected chi connectivity index (χ0v) is 14.2. The molecule has 0 spiro atoms. The van der Waals surface area contributed by atoms with Crippen molar-refractivity contribution in [1.82, 2.24) is 9.80 Å². The van der Waals surface area contributed by atoms with Gasteiger partial charge in [-0.1, -0.05) is 30.3 Å². The molecule has 2 aromatic rings. The molecule has 0 radical (unpaired) electrons. The molecule has 24 heavy (non-hydrogen) atoms. The maximum atomic E-state index is 12.5. The Morgan fingerprint density at radius 1 is 1.00 bits per heavy atom. The van der Waals surface area contributed by atoms with E-state index in [2.05, 4.69) is 16.3 Å². The molecular formula is C19H23N3O2. The molecule has 1 atom stereocenters. The number of benzene rings is 2. The van der Waals surface area contributed by atoms with Gasteiger partial charge in [0, 0.05) is 38.8 Å². The van der Waals surface area contributed by atoms with Crippen LogP contribution in [0.25, 0.3) is 10.8 Å². The van der Waals surface area contributed by atoms with E-state index in [1.165, 1.54) is 0 Å². The highest BCUT2D eigenvalue weighted by Crippen LogP contribution is 2.19. The van der Waals surface area contributed by atoms with Crippen LogP contribution in [0.2, 0.25) is 0 Å². The number of rotatable bonds is 3. The van der Waals surface area contributed by atoms with Crippen LogP contribution < -0.4 is 5.32 Å². The van der Waals surface area contributed by atoms with E-state index in [1.54, 1.807) is 6.92 Å². The second-order valence-electron chi connectivity index (χ2n) is 6.27. The zero-order chi connectivity index (χ0) is 17.1. The summed E-state index contributed by atoms with van der Waals surface area (Å²) in [6, 6.07) is 13.8. The first-order chi connectivity index (χ1) is 11.5. The van der Waals surface area contributed by atoms with Crippen molar-refractivity contribution in [2.45, 2.75) is 19.9 Å². The number of nitrogens with zero attached hydrogens (tertiary/aromatic N) is 2. The van der Waals surface area contributed by atoms with Gasteiger partial charge in [0.1, 0.15) is 0 Å². The van der Waals surface area contributed by atoms with Crippen LogP contribution in [0.1, 0.15) is 13.8 Å². The van der Waals surface area contributed by atoms with Gasteiger partial charge in [-0.25, -0.2) is 0 Å². The molecule has 1 heterocycles. The summed E-state index contributed by atoms with van der Waals surface area (Å²) in [5.74, 6) is 0.0875. The number of nitrogens with one attached hydrogen (secondary N) is 1.